The molecule has 82 valence electrons. The molecule has 0 aromatic carbocycles. The zero-order chi connectivity index (χ0) is 12.1. The second-order valence-corrected chi connectivity index (χ2v) is 2.80. The smallest absolute Gasteiger partial charge is 0.207 e. The average molecular weight is 219 g/mol. The average Bonchev–Trinajstić information content (AvgIpc) is 2.12. The van der Waals surface area contributed by atoms with Gasteiger partial charge in [0, 0.05) is 0 Å². The van der Waals surface area contributed by atoms with E-state index in [-0.39, 0.29) is 12.0 Å². The number of hydrogen-bond acceptors (Lipinski definition) is 1. The highest BCUT2D eigenvalue weighted by Crippen LogP contribution is 2.28. The Morgan fingerprint density at radius 1 is 1.40 bits per heavy atom. The third-order valence-electron chi connectivity index (χ3n) is 1.55. The van der Waals surface area contributed by atoms with Crippen molar-refractivity contribution in [3.8, 4) is 6.07 Å². The van der Waals surface area contributed by atoms with Crippen LogP contribution in [0.4, 0.5) is 17.6 Å². The first-order valence-corrected chi connectivity index (χ1v) is 3.95. The highest BCUT2D eigenvalue weighted by Gasteiger charge is 2.32. The number of nitriles is 1. The van der Waals surface area contributed by atoms with E-state index >= 15 is 0 Å². The van der Waals surface area contributed by atoms with Crippen molar-refractivity contribution in [2.75, 3.05) is 0 Å². The Labute approximate surface area is 85.0 Å². The van der Waals surface area contributed by atoms with Crippen LogP contribution in [0.3, 0.4) is 0 Å². The van der Waals surface area contributed by atoms with Gasteiger partial charge >= 0.3 is 6.18 Å². The van der Waals surface area contributed by atoms with E-state index in [1.165, 1.54) is 0 Å². The fraction of sp³-hybridized carbons (Fsp3) is 0.300. The minimum absolute atomic E-state index is 0.0468. The fourth-order valence-corrected chi connectivity index (χ4v) is 0.612. The molecule has 0 aliphatic carbocycles. The summed E-state index contributed by atoms with van der Waals surface area (Å²) in [6.45, 7) is 4.00. The highest BCUT2D eigenvalue weighted by atomic mass is 19.4. The number of hydrogen-bond donors (Lipinski definition) is 0. The van der Waals surface area contributed by atoms with Crippen LogP contribution in [0, 0.1) is 11.3 Å². The molecule has 0 fully saturated rings. The van der Waals surface area contributed by atoms with Crippen LogP contribution in [0.15, 0.2) is 35.7 Å². The van der Waals surface area contributed by atoms with Gasteiger partial charge in [-0.1, -0.05) is 12.7 Å². The van der Waals surface area contributed by atoms with E-state index in [9.17, 15) is 17.6 Å². The first-order chi connectivity index (χ1) is 6.79. The molecule has 0 aromatic rings. The number of nitrogens with zero attached hydrogens (tertiary/aromatic N) is 1. The molecule has 0 heterocycles. The maximum atomic E-state index is 12.8. The maximum absolute atomic E-state index is 12.8. The number of rotatable bonds is 3. The van der Waals surface area contributed by atoms with Gasteiger partial charge in [-0.15, -0.1) is 0 Å². The van der Waals surface area contributed by atoms with Crippen molar-refractivity contribution in [1.82, 2.24) is 0 Å². The largest absolute Gasteiger partial charge is 0.415 e. The quantitative estimate of drug-likeness (QED) is 0.523. The number of alkyl halides is 3. The predicted molar refractivity (Wildman–Crippen MR) is 48.4 cm³/mol. The lowest BCUT2D eigenvalue weighted by atomic mass is 10.2. The van der Waals surface area contributed by atoms with Crippen LogP contribution in [0.1, 0.15) is 13.3 Å². The van der Waals surface area contributed by atoms with Crippen molar-refractivity contribution >= 4 is 0 Å². The second kappa shape index (κ2) is 5.35. The summed E-state index contributed by atoms with van der Waals surface area (Å²) < 4.78 is 48.7. The molecule has 0 aliphatic heterocycles. The zero-order valence-corrected chi connectivity index (χ0v) is 8.03. The van der Waals surface area contributed by atoms with Crippen molar-refractivity contribution in [2.24, 2.45) is 0 Å². The Kier molecular flexibility index (Phi) is 4.79. The topological polar surface area (TPSA) is 23.8 Å². The molecule has 0 amide bonds. The molecule has 0 aromatic heterocycles. The summed E-state index contributed by atoms with van der Waals surface area (Å²) in [5.74, 6) is -1.37. The molecule has 0 atom stereocenters. The highest BCUT2D eigenvalue weighted by molar-refractivity contribution is 5.28. The van der Waals surface area contributed by atoms with Crippen LogP contribution in [-0.2, 0) is 0 Å². The SMILES string of the molecule is C=C(/C=C\C(F)=C(/C)C(F)(F)F)CC#N. The lowest BCUT2D eigenvalue weighted by Gasteiger charge is -2.05. The van der Waals surface area contributed by atoms with Crippen LogP contribution in [0.5, 0.6) is 0 Å². The second-order valence-electron chi connectivity index (χ2n) is 2.80. The molecule has 1 nitrogen and oxygen atoms in total. The third-order valence-corrected chi connectivity index (χ3v) is 1.55. The van der Waals surface area contributed by atoms with Crippen molar-refractivity contribution in [3.05, 3.63) is 35.7 Å². The molecule has 0 bridgehead atoms. The molecular weight excluding hydrogens is 210 g/mol. The molecule has 0 saturated heterocycles. The zero-order valence-electron chi connectivity index (χ0n) is 8.03. The summed E-state index contributed by atoms with van der Waals surface area (Å²) >= 11 is 0. The molecule has 0 N–H and O–H groups in total. The first kappa shape index (κ1) is 13.4. The van der Waals surface area contributed by atoms with Gasteiger partial charge < -0.3 is 0 Å². The molecule has 0 saturated carbocycles. The minimum Gasteiger partial charge on any atom is -0.207 e. The molecule has 0 radical (unpaired) electrons. The van der Waals surface area contributed by atoms with Gasteiger partial charge in [0.05, 0.1) is 18.1 Å². The lowest BCUT2D eigenvalue weighted by Crippen LogP contribution is -2.09. The Bertz CT molecular complexity index is 341. The molecule has 0 rings (SSSR count). The molecule has 5 heteroatoms. The minimum atomic E-state index is -4.68. The van der Waals surface area contributed by atoms with E-state index in [1.807, 2.05) is 0 Å². The van der Waals surface area contributed by atoms with Gasteiger partial charge in [0.25, 0.3) is 0 Å². The fourth-order valence-electron chi connectivity index (χ4n) is 0.612. The van der Waals surface area contributed by atoms with Gasteiger partial charge in [0.2, 0.25) is 0 Å². The van der Waals surface area contributed by atoms with Gasteiger partial charge in [0.1, 0.15) is 5.83 Å². The standard InChI is InChI=1S/C10H9F4N/c1-7(5-6-15)3-4-9(11)8(2)10(12,13)14/h3-4H,1,5H2,2H3/b4-3-,9-8-. The van der Waals surface area contributed by atoms with Gasteiger partial charge in [-0.05, 0) is 18.6 Å². The molecule has 0 aliphatic rings. The van der Waals surface area contributed by atoms with Crippen molar-refractivity contribution in [3.63, 3.8) is 0 Å². The van der Waals surface area contributed by atoms with Crippen molar-refractivity contribution in [2.45, 2.75) is 19.5 Å². The van der Waals surface area contributed by atoms with Gasteiger partial charge in [-0.3, -0.25) is 0 Å². The summed E-state index contributed by atoms with van der Waals surface area (Å²) in [5.41, 5.74) is -1.05. The van der Waals surface area contributed by atoms with Crippen LogP contribution >= 0.6 is 0 Å². The van der Waals surface area contributed by atoms with E-state index in [0.29, 0.717) is 13.0 Å². The maximum Gasteiger partial charge on any atom is 0.415 e. The van der Waals surface area contributed by atoms with Crippen LogP contribution in [0.2, 0.25) is 0 Å². The third kappa shape index (κ3) is 5.01. The molecule has 15 heavy (non-hydrogen) atoms. The van der Waals surface area contributed by atoms with Crippen LogP contribution < -0.4 is 0 Å². The van der Waals surface area contributed by atoms with E-state index in [2.05, 4.69) is 6.58 Å². The Balaban J connectivity index is 4.70. The van der Waals surface area contributed by atoms with E-state index < -0.39 is 17.6 Å². The van der Waals surface area contributed by atoms with Gasteiger partial charge in [0.15, 0.2) is 0 Å². The van der Waals surface area contributed by atoms with Crippen molar-refractivity contribution < 1.29 is 17.6 Å². The summed E-state index contributed by atoms with van der Waals surface area (Å²) in [6.07, 6.45) is -3.02. The van der Waals surface area contributed by atoms with Gasteiger partial charge in [-0.2, -0.15) is 18.4 Å². The Hall–Kier alpha value is -1.57. The molecule has 0 spiro atoms. The Morgan fingerprint density at radius 2 is 1.93 bits per heavy atom. The lowest BCUT2D eigenvalue weighted by molar-refractivity contribution is -0.0929. The van der Waals surface area contributed by atoms with Crippen LogP contribution in [0.25, 0.3) is 0 Å². The molecular formula is C10H9F4N. The first-order valence-electron chi connectivity index (χ1n) is 3.95. The molecule has 0 unspecified atom stereocenters. The summed E-state index contributed by atoms with van der Waals surface area (Å²) in [7, 11) is 0. The number of allylic oxidation sites excluding steroid dienone is 5. The monoisotopic (exact) mass is 219 g/mol. The predicted octanol–water partition coefficient (Wildman–Crippen LogP) is 3.82. The van der Waals surface area contributed by atoms with E-state index in [4.69, 9.17) is 5.26 Å². The summed E-state index contributed by atoms with van der Waals surface area (Å²) in [4.78, 5) is 0. The number of halogens is 4. The van der Waals surface area contributed by atoms with Gasteiger partial charge in [-0.25, -0.2) is 4.39 Å². The Morgan fingerprint density at radius 3 is 2.33 bits per heavy atom. The normalized spacial score (nSPS) is 13.6. The van der Waals surface area contributed by atoms with E-state index in [1.54, 1.807) is 6.07 Å². The summed E-state index contributed by atoms with van der Waals surface area (Å²) in [6, 6.07) is 1.74. The van der Waals surface area contributed by atoms with E-state index in [0.717, 1.165) is 6.08 Å². The van der Waals surface area contributed by atoms with Crippen molar-refractivity contribution in [1.29, 1.82) is 5.26 Å². The summed E-state index contributed by atoms with van der Waals surface area (Å²) in [5, 5.41) is 8.21. The van der Waals surface area contributed by atoms with Crippen LogP contribution in [-0.4, -0.2) is 6.18 Å².